The first-order valence-electron chi connectivity index (χ1n) is 7.36. The lowest BCUT2D eigenvalue weighted by atomic mass is 10.2. The van der Waals surface area contributed by atoms with Crippen molar-refractivity contribution in [1.29, 1.82) is 0 Å². The molecule has 0 aliphatic rings. The molecule has 0 aromatic heterocycles. The Bertz CT molecular complexity index is 532. The summed E-state index contributed by atoms with van der Waals surface area (Å²) < 4.78 is 5.70. The number of ether oxygens (including phenoxy) is 1. The SMILES string of the molecule is Cc1ccc(OCCCNc2ccc(N(C)C)cc2)cc1. The summed E-state index contributed by atoms with van der Waals surface area (Å²) in [4.78, 5) is 2.10. The first-order chi connectivity index (χ1) is 10.1. The van der Waals surface area contributed by atoms with Gasteiger partial charge in [-0.1, -0.05) is 17.7 Å². The second-order valence-corrected chi connectivity index (χ2v) is 5.38. The molecule has 3 heteroatoms. The predicted octanol–water partition coefficient (Wildman–Crippen LogP) is 3.94. The third-order valence-corrected chi connectivity index (χ3v) is 3.32. The van der Waals surface area contributed by atoms with Crippen molar-refractivity contribution in [2.24, 2.45) is 0 Å². The molecule has 0 aliphatic carbocycles. The molecule has 0 fully saturated rings. The molecular formula is C18H24N2O. The Balaban J connectivity index is 1.66. The van der Waals surface area contributed by atoms with E-state index < -0.39 is 0 Å². The molecule has 0 bridgehead atoms. The zero-order valence-corrected chi connectivity index (χ0v) is 13.1. The second-order valence-electron chi connectivity index (χ2n) is 5.38. The van der Waals surface area contributed by atoms with Gasteiger partial charge < -0.3 is 15.0 Å². The van der Waals surface area contributed by atoms with Crippen molar-refractivity contribution in [2.45, 2.75) is 13.3 Å². The highest BCUT2D eigenvalue weighted by Gasteiger charge is 1.96. The van der Waals surface area contributed by atoms with Gasteiger partial charge in [-0.2, -0.15) is 0 Å². The van der Waals surface area contributed by atoms with Crippen LogP contribution < -0.4 is 15.0 Å². The Hall–Kier alpha value is -2.16. The van der Waals surface area contributed by atoms with Crippen molar-refractivity contribution in [3.8, 4) is 5.75 Å². The Morgan fingerprint density at radius 2 is 1.62 bits per heavy atom. The summed E-state index contributed by atoms with van der Waals surface area (Å²) in [6, 6.07) is 16.6. The molecule has 0 atom stereocenters. The normalized spacial score (nSPS) is 10.2. The number of nitrogens with zero attached hydrogens (tertiary/aromatic N) is 1. The minimum atomic E-state index is 0.728. The molecule has 2 rings (SSSR count). The van der Waals surface area contributed by atoms with E-state index in [0.717, 1.165) is 31.0 Å². The summed E-state index contributed by atoms with van der Waals surface area (Å²) in [6.07, 6.45) is 0.976. The van der Waals surface area contributed by atoms with E-state index in [9.17, 15) is 0 Å². The van der Waals surface area contributed by atoms with Crippen molar-refractivity contribution >= 4 is 11.4 Å². The summed E-state index contributed by atoms with van der Waals surface area (Å²) in [7, 11) is 4.09. The number of rotatable bonds is 7. The number of anilines is 2. The van der Waals surface area contributed by atoms with E-state index in [4.69, 9.17) is 4.74 Å². The predicted molar refractivity (Wildman–Crippen MR) is 90.5 cm³/mol. The summed E-state index contributed by atoms with van der Waals surface area (Å²) in [6.45, 7) is 3.72. The van der Waals surface area contributed by atoms with Crippen molar-refractivity contribution in [3.63, 3.8) is 0 Å². The topological polar surface area (TPSA) is 24.5 Å². The fourth-order valence-electron chi connectivity index (χ4n) is 2.01. The Labute approximate surface area is 127 Å². The molecule has 112 valence electrons. The molecule has 0 saturated carbocycles. The van der Waals surface area contributed by atoms with Crippen LogP contribution in [0.2, 0.25) is 0 Å². The van der Waals surface area contributed by atoms with Gasteiger partial charge in [-0.05, 0) is 49.7 Å². The maximum Gasteiger partial charge on any atom is 0.119 e. The van der Waals surface area contributed by atoms with Crippen LogP contribution in [0.3, 0.4) is 0 Å². The van der Waals surface area contributed by atoms with E-state index in [1.54, 1.807) is 0 Å². The van der Waals surface area contributed by atoms with Gasteiger partial charge in [-0.3, -0.25) is 0 Å². The summed E-state index contributed by atoms with van der Waals surface area (Å²) in [5, 5.41) is 3.41. The van der Waals surface area contributed by atoms with Crippen molar-refractivity contribution in [2.75, 3.05) is 37.5 Å². The summed E-state index contributed by atoms with van der Waals surface area (Å²) in [5.74, 6) is 0.941. The molecule has 1 N–H and O–H groups in total. The number of nitrogens with one attached hydrogen (secondary N) is 1. The minimum Gasteiger partial charge on any atom is -0.494 e. The van der Waals surface area contributed by atoms with Crippen molar-refractivity contribution in [3.05, 3.63) is 54.1 Å². The average Bonchev–Trinajstić information content (AvgIpc) is 2.49. The molecule has 0 radical (unpaired) electrons. The van der Waals surface area contributed by atoms with Gasteiger partial charge in [0.1, 0.15) is 5.75 Å². The molecule has 2 aromatic rings. The van der Waals surface area contributed by atoms with Gasteiger partial charge in [-0.15, -0.1) is 0 Å². The molecule has 0 aliphatic heterocycles. The van der Waals surface area contributed by atoms with Crippen LogP contribution in [0.4, 0.5) is 11.4 Å². The molecule has 0 unspecified atom stereocenters. The van der Waals surface area contributed by atoms with Crippen LogP contribution in [-0.4, -0.2) is 27.2 Å². The van der Waals surface area contributed by atoms with Crippen LogP contribution in [0.25, 0.3) is 0 Å². The second kappa shape index (κ2) is 7.58. The van der Waals surface area contributed by atoms with Gasteiger partial charge >= 0.3 is 0 Å². The van der Waals surface area contributed by atoms with Gasteiger partial charge in [0.05, 0.1) is 6.61 Å². The molecule has 2 aromatic carbocycles. The van der Waals surface area contributed by atoms with E-state index in [0.29, 0.717) is 0 Å². The Morgan fingerprint density at radius 1 is 0.952 bits per heavy atom. The van der Waals surface area contributed by atoms with Crippen LogP contribution in [0.1, 0.15) is 12.0 Å². The third kappa shape index (κ3) is 5.03. The third-order valence-electron chi connectivity index (χ3n) is 3.32. The van der Waals surface area contributed by atoms with E-state index >= 15 is 0 Å². The van der Waals surface area contributed by atoms with E-state index in [2.05, 4.69) is 53.5 Å². The zero-order chi connectivity index (χ0) is 15.1. The molecule has 0 amide bonds. The number of aryl methyl sites for hydroxylation is 1. The summed E-state index contributed by atoms with van der Waals surface area (Å²) >= 11 is 0. The Morgan fingerprint density at radius 3 is 2.24 bits per heavy atom. The maximum atomic E-state index is 5.70. The quantitative estimate of drug-likeness (QED) is 0.779. The molecular weight excluding hydrogens is 260 g/mol. The van der Waals surface area contributed by atoms with E-state index in [1.165, 1.54) is 11.3 Å². The van der Waals surface area contributed by atoms with Crippen LogP contribution in [0, 0.1) is 6.92 Å². The highest BCUT2D eigenvalue weighted by atomic mass is 16.5. The number of hydrogen-bond acceptors (Lipinski definition) is 3. The fraction of sp³-hybridized carbons (Fsp3) is 0.333. The first kappa shape index (κ1) is 15.2. The van der Waals surface area contributed by atoms with Crippen LogP contribution in [-0.2, 0) is 0 Å². The smallest absolute Gasteiger partial charge is 0.119 e. The van der Waals surface area contributed by atoms with Crippen LogP contribution in [0.15, 0.2) is 48.5 Å². The van der Waals surface area contributed by atoms with Crippen LogP contribution >= 0.6 is 0 Å². The Kier molecular flexibility index (Phi) is 5.50. The van der Waals surface area contributed by atoms with Gasteiger partial charge in [0.25, 0.3) is 0 Å². The van der Waals surface area contributed by atoms with Gasteiger partial charge in [-0.25, -0.2) is 0 Å². The minimum absolute atomic E-state index is 0.728. The molecule has 0 saturated heterocycles. The lowest BCUT2D eigenvalue weighted by molar-refractivity contribution is 0.315. The number of hydrogen-bond donors (Lipinski definition) is 1. The fourth-order valence-corrected chi connectivity index (χ4v) is 2.01. The van der Waals surface area contributed by atoms with Crippen molar-refractivity contribution in [1.82, 2.24) is 0 Å². The average molecular weight is 284 g/mol. The number of benzene rings is 2. The van der Waals surface area contributed by atoms with E-state index in [-0.39, 0.29) is 0 Å². The molecule has 0 heterocycles. The highest BCUT2D eigenvalue weighted by Crippen LogP contribution is 2.15. The standard InChI is InChI=1S/C18H24N2O/c1-15-5-11-18(12-6-15)21-14-4-13-19-16-7-9-17(10-8-16)20(2)3/h5-12,19H,4,13-14H2,1-3H3. The molecule has 3 nitrogen and oxygen atoms in total. The molecule has 0 spiro atoms. The summed E-state index contributed by atoms with van der Waals surface area (Å²) in [5.41, 5.74) is 3.62. The highest BCUT2D eigenvalue weighted by molar-refractivity contribution is 5.54. The maximum absolute atomic E-state index is 5.70. The van der Waals surface area contributed by atoms with E-state index in [1.807, 2.05) is 26.2 Å². The monoisotopic (exact) mass is 284 g/mol. The molecule has 21 heavy (non-hydrogen) atoms. The van der Waals surface area contributed by atoms with Crippen molar-refractivity contribution < 1.29 is 4.74 Å². The lowest BCUT2D eigenvalue weighted by Crippen LogP contribution is -2.09. The van der Waals surface area contributed by atoms with Gasteiger partial charge in [0.15, 0.2) is 0 Å². The van der Waals surface area contributed by atoms with Gasteiger partial charge in [0.2, 0.25) is 0 Å². The van der Waals surface area contributed by atoms with Crippen LogP contribution in [0.5, 0.6) is 5.75 Å². The largest absolute Gasteiger partial charge is 0.494 e. The lowest BCUT2D eigenvalue weighted by Gasteiger charge is -2.13. The van der Waals surface area contributed by atoms with Gasteiger partial charge in [0, 0.05) is 32.0 Å². The first-order valence-corrected chi connectivity index (χ1v) is 7.36. The zero-order valence-electron chi connectivity index (χ0n) is 13.1.